The maximum absolute atomic E-state index is 13.0. The Hall–Kier alpha value is -1.99. The topological polar surface area (TPSA) is 74.0 Å². The van der Waals surface area contributed by atoms with Crippen molar-refractivity contribution in [1.29, 1.82) is 0 Å². The summed E-state index contributed by atoms with van der Waals surface area (Å²) in [4.78, 5) is 21.5. The predicted molar refractivity (Wildman–Crippen MR) is 89.0 cm³/mol. The van der Waals surface area contributed by atoms with E-state index in [1.54, 1.807) is 15.6 Å². The van der Waals surface area contributed by atoms with Gasteiger partial charge in [-0.1, -0.05) is 0 Å². The largest absolute Gasteiger partial charge is 0.390 e. The van der Waals surface area contributed by atoms with Gasteiger partial charge in [-0.2, -0.15) is 5.10 Å². The molecule has 0 unspecified atom stereocenters. The van der Waals surface area contributed by atoms with Gasteiger partial charge >= 0.3 is 0 Å². The highest BCUT2D eigenvalue weighted by Crippen LogP contribution is 2.23. The predicted octanol–water partition coefficient (Wildman–Crippen LogP) is 0.627. The number of carbonyl (C=O) groups is 1. The van der Waals surface area contributed by atoms with Gasteiger partial charge in [0.15, 0.2) is 5.65 Å². The zero-order valence-corrected chi connectivity index (χ0v) is 14.1. The first kappa shape index (κ1) is 15.5. The Morgan fingerprint density at radius 1 is 1.25 bits per heavy atom. The molecule has 0 spiro atoms. The van der Waals surface area contributed by atoms with Crippen LogP contribution in [0.3, 0.4) is 0 Å². The Balaban J connectivity index is 1.60. The lowest BCUT2D eigenvalue weighted by Crippen LogP contribution is -2.41. The van der Waals surface area contributed by atoms with Crippen LogP contribution in [0.5, 0.6) is 0 Å². The fraction of sp³-hybridized carbons (Fsp3) is 0.588. The zero-order valence-electron chi connectivity index (χ0n) is 14.1. The van der Waals surface area contributed by atoms with Crippen LogP contribution in [0.4, 0.5) is 0 Å². The smallest absolute Gasteiger partial charge is 0.259 e. The lowest BCUT2D eigenvalue weighted by molar-refractivity contribution is 0.0765. The minimum Gasteiger partial charge on any atom is -0.390 e. The van der Waals surface area contributed by atoms with Crippen LogP contribution in [0.1, 0.15) is 34.6 Å². The number of aliphatic hydroxyl groups is 1. The molecule has 128 valence electrons. The van der Waals surface area contributed by atoms with E-state index in [9.17, 15) is 9.90 Å². The summed E-state index contributed by atoms with van der Waals surface area (Å²) in [6, 6.07) is 1.99. The van der Waals surface area contributed by atoms with Crippen LogP contribution in [-0.2, 0) is 0 Å². The number of likely N-dealkylation sites (tertiary alicyclic amines) is 2. The average Bonchev–Trinajstić information content (AvgIpc) is 3.24. The molecule has 2 fully saturated rings. The van der Waals surface area contributed by atoms with Crippen molar-refractivity contribution < 1.29 is 9.90 Å². The second-order valence-electron chi connectivity index (χ2n) is 6.92. The van der Waals surface area contributed by atoms with Crippen molar-refractivity contribution >= 4 is 11.6 Å². The molecule has 2 aliphatic rings. The number of hydrogen-bond acceptors (Lipinski definition) is 5. The van der Waals surface area contributed by atoms with Gasteiger partial charge in [0.25, 0.3) is 5.91 Å². The van der Waals surface area contributed by atoms with Gasteiger partial charge in [-0.05, 0) is 45.8 Å². The zero-order chi connectivity index (χ0) is 16.8. The van der Waals surface area contributed by atoms with Crippen molar-refractivity contribution in [3.8, 4) is 0 Å². The van der Waals surface area contributed by atoms with Gasteiger partial charge in [0, 0.05) is 24.5 Å². The van der Waals surface area contributed by atoms with Gasteiger partial charge in [0.05, 0.1) is 18.3 Å². The number of β-amino-alcohol motifs (C(OH)–C–C–N with tert-alkyl or cyclic N) is 1. The first-order chi connectivity index (χ1) is 11.5. The van der Waals surface area contributed by atoms with Crippen molar-refractivity contribution in [3.05, 3.63) is 29.2 Å². The maximum Gasteiger partial charge on any atom is 0.259 e. The Labute approximate surface area is 140 Å². The molecule has 4 rings (SSSR count). The number of hydrogen-bond donors (Lipinski definition) is 1. The van der Waals surface area contributed by atoms with Crippen molar-refractivity contribution in [3.63, 3.8) is 0 Å². The maximum atomic E-state index is 13.0. The van der Waals surface area contributed by atoms with E-state index in [0.717, 1.165) is 24.5 Å². The molecule has 24 heavy (non-hydrogen) atoms. The molecule has 0 bridgehead atoms. The van der Waals surface area contributed by atoms with Crippen molar-refractivity contribution in [1.82, 2.24) is 24.4 Å². The molecular weight excluding hydrogens is 306 g/mol. The molecule has 7 heteroatoms. The van der Waals surface area contributed by atoms with Crippen LogP contribution in [0, 0.1) is 13.8 Å². The summed E-state index contributed by atoms with van der Waals surface area (Å²) >= 11 is 0. The molecule has 2 atom stereocenters. The van der Waals surface area contributed by atoms with Gasteiger partial charge in [0.1, 0.15) is 5.56 Å². The van der Waals surface area contributed by atoms with Crippen LogP contribution in [0.15, 0.2) is 12.3 Å². The molecule has 2 saturated heterocycles. The third kappa shape index (κ3) is 2.48. The fourth-order valence-corrected chi connectivity index (χ4v) is 3.96. The summed E-state index contributed by atoms with van der Waals surface area (Å²) in [5.74, 6) is -0.0942. The Bertz CT molecular complexity index is 781. The highest BCUT2D eigenvalue weighted by molar-refractivity contribution is 5.99. The fourth-order valence-electron chi connectivity index (χ4n) is 3.96. The van der Waals surface area contributed by atoms with E-state index in [1.165, 1.54) is 12.8 Å². The molecule has 0 radical (unpaired) electrons. The SMILES string of the molecule is Cc1cc(C)n2ncc(C(=O)N3C[C@@H](O)[C@@H](N4CCCC4)C3)c2n1. The summed E-state index contributed by atoms with van der Waals surface area (Å²) in [6.07, 6.45) is 3.46. The lowest BCUT2D eigenvalue weighted by atomic mass is 10.2. The highest BCUT2D eigenvalue weighted by Gasteiger charge is 2.39. The number of amides is 1. The number of aliphatic hydroxyl groups excluding tert-OH is 1. The molecule has 1 amide bonds. The lowest BCUT2D eigenvalue weighted by Gasteiger charge is -2.25. The van der Waals surface area contributed by atoms with Gasteiger partial charge in [-0.3, -0.25) is 9.69 Å². The highest BCUT2D eigenvalue weighted by atomic mass is 16.3. The third-order valence-corrected chi connectivity index (χ3v) is 5.16. The standard InChI is InChI=1S/C17H23N5O2/c1-11-7-12(2)22-16(19-11)13(8-18-22)17(24)21-9-14(15(23)10-21)20-5-3-4-6-20/h7-8,14-15,23H,3-6,9-10H2,1-2H3/t14-,15+/m0/s1. The van der Waals surface area contributed by atoms with Crippen LogP contribution in [0.25, 0.3) is 5.65 Å². The van der Waals surface area contributed by atoms with Crippen LogP contribution in [-0.4, -0.2) is 73.7 Å². The second kappa shape index (κ2) is 5.82. The molecule has 4 heterocycles. The molecule has 0 aliphatic carbocycles. The van der Waals surface area contributed by atoms with E-state index in [4.69, 9.17) is 0 Å². The van der Waals surface area contributed by atoms with E-state index in [-0.39, 0.29) is 11.9 Å². The number of carbonyl (C=O) groups excluding carboxylic acids is 1. The van der Waals surface area contributed by atoms with Gasteiger partial charge in [0.2, 0.25) is 0 Å². The summed E-state index contributed by atoms with van der Waals surface area (Å²) in [6.45, 7) is 6.84. The monoisotopic (exact) mass is 329 g/mol. The van der Waals surface area contributed by atoms with E-state index < -0.39 is 6.10 Å². The first-order valence-corrected chi connectivity index (χ1v) is 8.58. The number of fused-ring (bicyclic) bond motifs is 1. The Kier molecular flexibility index (Phi) is 3.77. The van der Waals surface area contributed by atoms with Crippen molar-refractivity contribution in [2.75, 3.05) is 26.2 Å². The molecule has 2 aliphatic heterocycles. The summed E-state index contributed by atoms with van der Waals surface area (Å²) < 4.78 is 1.70. The molecular formula is C17H23N5O2. The molecule has 2 aromatic heterocycles. The van der Waals surface area contributed by atoms with Crippen LogP contribution in [0.2, 0.25) is 0 Å². The quantitative estimate of drug-likeness (QED) is 0.875. The second-order valence-corrected chi connectivity index (χ2v) is 6.92. The van der Waals surface area contributed by atoms with E-state index in [0.29, 0.717) is 24.3 Å². The Morgan fingerprint density at radius 3 is 2.75 bits per heavy atom. The van der Waals surface area contributed by atoms with E-state index in [2.05, 4.69) is 15.0 Å². The Morgan fingerprint density at radius 2 is 2.00 bits per heavy atom. The molecule has 0 aromatic carbocycles. The van der Waals surface area contributed by atoms with E-state index in [1.807, 2.05) is 19.9 Å². The number of aryl methyl sites for hydroxylation is 2. The third-order valence-electron chi connectivity index (χ3n) is 5.16. The summed E-state index contributed by atoms with van der Waals surface area (Å²) in [5, 5.41) is 14.7. The van der Waals surface area contributed by atoms with Crippen molar-refractivity contribution in [2.45, 2.75) is 38.8 Å². The molecule has 0 saturated carbocycles. The molecule has 7 nitrogen and oxygen atoms in total. The van der Waals surface area contributed by atoms with Gasteiger partial charge in [-0.15, -0.1) is 0 Å². The number of aromatic nitrogens is 3. The molecule has 1 N–H and O–H groups in total. The minimum absolute atomic E-state index is 0.0507. The van der Waals surface area contributed by atoms with Gasteiger partial charge < -0.3 is 10.0 Å². The van der Waals surface area contributed by atoms with E-state index >= 15 is 0 Å². The number of nitrogens with zero attached hydrogens (tertiary/aromatic N) is 5. The minimum atomic E-state index is -0.481. The normalized spacial score (nSPS) is 25.0. The number of rotatable bonds is 2. The van der Waals surface area contributed by atoms with Crippen LogP contribution >= 0.6 is 0 Å². The summed E-state index contributed by atoms with van der Waals surface area (Å²) in [7, 11) is 0. The van der Waals surface area contributed by atoms with Gasteiger partial charge in [-0.25, -0.2) is 9.50 Å². The average molecular weight is 329 g/mol. The molecule has 2 aromatic rings. The summed E-state index contributed by atoms with van der Waals surface area (Å²) in [5.41, 5.74) is 2.92. The first-order valence-electron chi connectivity index (χ1n) is 8.58. The van der Waals surface area contributed by atoms with Crippen molar-refractivity contribution in [2.24, 2.45) is 0 Å². The van der Waals surface area contributed by atoms with Crippen LogP contribution < -0.4 is 0 Å².